The van der Waals surface area contributed by atoms with Gasteiger partial charge in [-0.25, -0.2) is 0 Å². The molecule has 0 aliphatic rings. The molecule has 0 aliphatic carbocycles. The molecule has 0 saturated carbocycles. The second-order valence-corrected chi connectivity index (χ2v) is 0. The zero-order valence-corrected chi connectivity index (χ0v) is 25.0. The van der Waals surface area contributed by atoms with Crippen molar-refractivity contribution >= 4 is 87.7 Å². The fourth-order valence-electron chi connectivity index (χ4n) is 0. The quantitative estimate of drug-likeness (QED) is 0.142. The van der Waals surface area contributed by atoms with Crippen molar-refractivity contribution < 1.29 is 128 Å². The van der Waals surface area contributed by atoms with Gasteiger partial charge in [0.05, 0.1) is 0 Å². The molecule has 166 valence electrons. The Morgan fingerprint density at radius 1 is 0.231 bits per heavy atom. The zero-order valence-electron chi connectivity index (χ0n) is 12.6. The summed E-state index contributed by atoms with van der Waals surface area (Å²) in [5, 5.41) is 0. The van der Waals surface area contributed by atoms with Gasteiger partial charge < -0.3 is 47.9 Å². The SMILES string of the molecule is P.P.[CH-]=O.[CH-]=O.[CH-]=O.[CH-]=O.[CH-]=O.[CH-]=O.[CH-]=O.[CH-]=O.[CH-]=O.[CH-]=O.[Ir+3].[Ir+3].[Ir].[Ir]. The summed E-state index contributed by atoms with van der Waals surface area (Å²) in [4.78, 5) is 77.5. The molecule has 0 bridgehead atoms. The summed E-state index contributed by atoms with van der Waals surface area (Å²) in [5.41, 5.74) is 0. The average molecular weight is 1130 g/mol. The van der Waals surface area contributed by atoms with Crippen molar-refractivity contribution in [1.29, 1.82) is 0 Å². The minimum atomic E-state index is 0. The standard InChI is InChI=1S/10CHO.4Ir.2H3P/c10*1-2;;;;;;/h10*1H;;;;;2*1H3/q10*-1;;;2*+3;;. The van der Waals surface area contributed by atoms with Crippen LogP contribution in [0.4, 0.5) is 0 Å². The summed E-state index contributed by atoms with van der Waals surface area (Å²) in [6.07, 6.45) is 0. The van der Waals surface area contributed by atoms with E-state index in [0.717, 1.165) is 0 Å². The monoisotopic (exact) mass is 1130 g/mol. The smallest absolute Gasteiger partial charge is 0.545 e. The third-order valence-electron chi connectivity index (χ3n) is 0. The van der Waals surface area contributed by atoms with Crippen LogP contribution >= 0.6 is 19.8 Å². The van der Waals surface area contributed by atoms with Crippen molar-refractivity contribution in [2.24, 2.45) is 0 Å². The maximum atomic E-state index is 7.75. The van der Waals surface area contributed by atoms with E-state index in [-0.39, 0.29) is 100 Å². The number of carbonyl (C=O) groups excluding carboxylic acids is 10. The molecule has 0 aromatic rings. The summed E-state index contributed by atoms with van der Waals surface area (Å²) in [5.74, 6) is 0. The Hall–Kier alpha value is 0.157. The first-order valence-corrected chi connectivity index (χ1v) is 2.36. The Kier molecular flexibility index (Phi) is 3660000. The van der Waals surface area contributed by atoms with Gasteiger partial charge in [-0.15, -0.1) is 0 Å². The number of hydrogen-bond donors (Lipinski definition) is 0. The van der Waals surface area contributed by atoms with E-state index in [1.807, 2.05) is 0 Å². The fraction of sp³-hybridized carbons (Fsp3) is 0. The average Bonchev–Trinajstić information content (AvgIpc) is 2.71. The molecule has 2 radical (unpaired) electrons. The summed E-state index contributed by atoms with van der Waals surface area (Å²) in [6, 6.07) is 0. The molecule has 2 atom stereocenters. The van der Waals surface area contributed by atoms with Crippen LogP contribution in [0.25, 0.3) is 0 Å². The molecule has 0 aliphatic heterocycles. The van der Waals surface area contributed by atoms with Crippen molar-refractivity contribution in [1.82, 2.24) is 0 Å². The summed E-state index contributed by atoms with van der Waals surface area (Å²) >= 11 is 0. The molecule has 0 heterocycles. The van der Waals surface area contributed by atoms with E-state index in [2.05, 4.69) is 67.9 Å². The van der Waals surface area contributed by atoms with Crippen LogP contribution < -0.4 is 0 Å². The molecule has 0 aromatic heterocycles. The van der Waals surface area contributed by atoms with Gasteiger partial charge in [0.15, 0.2) is 0 Å². The van der Waals surface area contributed by atoms with E-state index in [4.69, 9.17) is 47.9 Å². The van der Waals surface area contributed by atoms with Crippen LogP contribution in [0.15, 0.2) is 0 Å². The molecule has 0 fully saturated rings. The Labute approximate surface area is 214 Å². The molecule has 0 spiro atoms. The number of rotatable bonds is 0. The molecule has 2 unspecified atom stereocenters. The molecule has 0 rings (SSSR count). The van der Waals surface area contributed by atoms with Crippen molar-refractivity contribution in [2.45, 2.75) is 0 Å². The largest absolute Gasteiger partial charge is 3.00 e. The van der Waals surface area contributed by atoms with E-state index in [9.17, 15) is 0 Å². The summed E-state index contributed by atoms with van der Waals surface area (Å²) in [6.45, 7) is 32.5. The van der Waals surface area contributed by atoms with Crippen LogP contribution in [0.3, 0.4) is 0 Å². The first kappa shape index (κ1) is 160. The Morgan fingerprint density at radius 3 is 0.231 bits per heavy atom. The van der Waals surface area contributed by atoms with E-state index >= 15 is 0 Å². The van der Waals surface area contributed by atoms with Crippen LogP contribution in [-0.4, -0.2) is 67.9 Å². The molecule has 0 N–H and O–H groups in total. The van der Waals surface area contributed by atoms with Crippen molar-refractivity contribution in [2.75, 3.05) is 0 Å². The molecule has 0 saturated heterocycles. The van der Waals surface area contributed by atoms with E-state index in [0.29, 0.717) is 0 Å². The second-order valence-electron chi connectivity index (χ2n) is 0. The number of hydrogen-bond acceptors (Lipinski definition) is 10. The van der Waals surface area contributed by atoms with Crippen LogP contribution in [0.1, 0.15) is 0 Å². The van der Waals surface area contributed by atoms with Gasteiger partial charge in [0.1, 0.15) is 0 Å². The molecule has 0 amide bonds. The van der Waals surface area contributed by atoms with Gasteiger partial charge in [0.25, 0.3) is 0 Å². The van der Waals surface area contributed by atoms with Gasteiger partial charge in [-0.3, -0.25) is 67.9 Å². The Balaban J connectivity index is -0.00000000298. The molecular weight excluding hydrogens is 1110 g/mol. The molecular formula is C10H16Ir4O10P2-4. The fourth-order valence-corrected chi connectivity index (χ4v) is 0. The van der Waals surface area contributed by atoms with Crippen molar-refractivity contribution in [3.8, 4) is 0 Å². The third-order valence-corrected chi connectivity index (χ3v) is 0. The van der Waals surface area contributed by atoms with Gasteiger partial charge in [-0.2, -0.15) is 19.8 Å². The summed E-state index contributed by atoms with van der Waals surface area (Å²) < 4.78 is 0. The van der Waals surface area contributed by atoms with Crippen molar-refractivity contribution in [3.63, 3.8) is 0 Å². The van der Waals surface area contributed by atoms with Gasteiger partial charge in [0.2, 0.25) is 0 Å². The van der Waals surface area contributed by atoms with Crippen LogP contribution in [0.2, 0.25) is 0 Å². The van der Waals surface area contributed by atoms with Gasteiger partial charge in [-0.1, -0.05) is 0 Å². The van der Waals surface area contributed by atoms with Crippen LogP contribution in [0.5, 0.6) is 0 Å². The zero-order chi connectivity index (χ0) is 20.0. The minimum absolute atomic E-state index is 0. The van der Waals surface area contributed by atoms with E-state index in [1.54, 1.807) is 0 Å². The topological polar surface area (TPSA) is 171 Å². The minimum Gasteiger partial charge on any atom is -0.545 e. The van der Waals surface area contributed by atoms with Gasteiger partial charge >= 0.3 is 40.2 Å². The molecule has 10 nitrogen and oxygen atoms in total. The first-order chi connectivity index (χ1) is 10.0. The van der Waals surface area contributed by atoms with Gasteiger partial charge in [0, 0.05) is 40.2 Å². The Morgan fingerprint density at radius 2 is 0.231 bits per heavy atom. The third kappa shape index (κ3) is 523000. The molecule has 0 aromatic carbocycles. The van der Waals surface area contributed by atoms with Crippen molar-refractivity contribution in [3.05, 3.63) is 0 Å². The Bertz CT molecular complexity index is 79.0. The maximum Gasteiger partial charge on any atom is 3.00 e. The van der Waals surface area contributed by atoms with Crippen LogP contribution in [-0.2, 0) is 128 Å². The predicted octanol–water partition coefficient (Wildman–Crippen LogP) is -2.63. The van der Waals surface area contributed by atoms with Gasteiger partial charge in [-0.05, 0) is 0 Å². The maximum absolute atomic E-state index is 7.75. The first-order valence-electron chi connectivity index (χ1n) is 2.36. The predicted molar refractivity (Wildman–Crippen MR) is 89.7 cm³/mol. The normalized spacial score (nSPS) is 1.54. The van der Waals surface area contributed by atoms with E-state index < -0.39 is 0 Å². The second kappa shape index (κ2) is 593000. The molecule has 26 heavy (non-hydrogen) atoms. The van der Waals surface area contributed by atoms with E-state index in [1.165, 1.54) is 0 Å². The molecule has 16 heteroatoms. The summed E-state index contributed by atoms with van der Waals surface area (Å²) in [7, 11) is 0. The van der Waals surface area contributed by atoms with Crippen LogP contribution in [0, 0.1) is 0 Å².